The Kier molecular flexibility index (Phi) is 2.20. The lowest BCUT2D eigenvalue weighted by Gasteiger charge is -2.25. The summed E-state index contributed by atoms with van der Waals surface area (Å²) in [5.41, 5.74) is 3.29. The largest absolute Gasteiger partial charge is 0.377 e. The van der Waals surface area contributed by atoms with Crippen LogP contribution in [0.1, 0.15) is 30.4 Å². The van der Waals surface area contributed by atoms with Gasteiger partial charge in [0, 0.05) is 18.0 Å². The molecule has 0 aromatic carbocycles. The highest BCUT2D eigenvalue weighted by Gasteiger charge is 2.25. The van der Waals surface area contributed by atoms with Gasteiger partial charge in [-0.1, -0.05) is 5.21 Å². The van der Waals surface area contributed by atoms with E-state index in [1.807, 2.05) is 23.3 Å². The van der Waals surface area contributed by atoms with Crippen LogP contribution in [0.15, 0.2) is 24.7 Å². The third-order valence-electron chi connectivity index (χ3n) is 3.61. The SMILES string of the molecule is c1ncc(C2CC2)cc1-c1cn(C2COC2)nn1. The highest BCUT2D eigenvalue weighted by molar-refractivity contribution is 5.57. The summed E-state index contributed by atoms with van der Waals surface area (Å²) < 4.78 is 7.05. The van der Waals surface area contributed by atoms with Gasteiger partial charge in [0.05, 0.1) is 19.4 Å². The van der Waals surface area contributed by atoms with Gasteiger partial charge in [-0.25, -0.2) is 4.68 Å². The molecule has 1 saturated heterocycles. The van der Waals surface area contributed by atoms with Gasteiger partial charge in [0.2, 0.25) is 0 Å². The molecule has 1 aliphatic carbocycles. The maximum atomic E-state index is 5.16. The average Bonchev–Trinajstić information content (AvgIpc) is 3.08. The normalized spacial score (nSPS) is 19.8. The molecule has 92 valence electrons. The second-order valence-corrected chi connectivity index (χ2v) is 5.06. The van der Waals surface area contributed by atoms with Gasteiger partial charge in [0.1, 0.15) is 11.7 Å². The molecule has 5 heteroatoms. The Morgan fingerprint density at radius 1 is 1.22 bits per heavy atom. The topological polar surface area (TPSA) is 52.8 Å². The maximum Gasteiger partial charge on any atom is 0.114 e. The summed E-state index contributed by atoms with van der Waals surface area (Å²) in [4.78, 5) is 4.31. The summed E-state index contributed by atoms with van der Waals surface area (Å²) in [6, 6.07) is 2.54. The Bertz CT molecular complexity index is 572. The molecule has 1 aliphatic heterocycles. The Hall–Kier alpha value is -1.75. The third kappa shape index (κ3) is 1.71. The standard InChI is InChI=1S/C13H14N4O/c1-2-9(1)10-3-11(5-14-4-10)13-6-17(16-15-13)12-7-18-8-12/h3-6,9,12H,1-2,7-8H2. The van der Waals surface area contributed by atoms with Crippen LogP contribution >= 0.6 is 0 Å². The second kappa shape index (κ2) is 3.88. The van der Waals surface area contributed by atoms with Crippen molar-refractivity contribution in [3.63, 3.8) is 0 Å². The molecule has 5 nitrogen and oxygen atoms in total. The molecule has 18 heavy (non-hydrogen) atoms. The van der Waals surface area contributed by atoms with Gasteiger partial charge in [-0.2, -0.15) is 0 Å². The lowest BCUT2D eigenvalue weighted by molar-refractivity contribution is -0.0293. The third-order valence-corrected chi connectivity index (χ3v) is 3.61. The van der Waals surface area contributed by atoms with E-state index in [1.54, 1.807) is 0 Å². The van der Waals surface area contributed by atoms with E-state index in [4.69, 9.17) is 4.74 Å². The van der Waals surface area contributed by atoms with E-state index in [9.17, 15) is 0 Å². The van der Waals surface area contributed by atoms with Crippen LogP contribution in [0.25, 0.3) is 11.3 Å². The number of hydrogen-bond acceptors (Lipinski definition) is 4. The second-order valence-electron chi connectivity index (χ2n) is 5.06. The van der Waals surface area contributed by atoms with E-state index >= 15 is 0 Å². The molecule has 2 aromatic heterocycles. The maximum absolute atomic E-state index is 5.16. The molecule has 1 saturated carbocycles. The fraction of sp³-hybridized carbons (Fsp3) is 0.462. The molecule has 0 bridgehead atoms. The summed E-state index contributed by atoms with van der Waals surface area (Å²) in [7, 11) is 0. The van der Waals surface area contributed by atoms with Crippen LogP contribution < -0.4 is 0 Å². The average molecular weight is 242 g/mol. The highest BCUT2D eigenvalue weighted by atomic mass is 16.5. The Balaban J connectivity index is 1.64. The zero-order chi connectivity index (χ0) is 11.9. The fourth-order valence-electron chi connectivity index (χ4n) is 2.20. The molecule has 0 unspecified atom stereocenters. The lowest BCUT2D eigenvalue weighted by Crippen LogP contribution is -2.30. The monoisotopic (exact) mass is 242 g/mol. The zero-order valence-electron chi connectivity index (χ0n) is 9.99. The first kappa shape index (κ1) is 10.2. The van der Waals surface area contributed by atoms with E-state index in [0.29, 0.717) is 12.0 Å². The molecule has 0 radical (unpaired) electrons. The van der Waals surface area contributed by atoms with Gasteiger partial charge in [-0.05, 0) is 30.4 Å². The molecule has 2 aliphatic rings. The van der Waals surface area contributed by atoms with Crippen molar-refractivity contribution in [3.8, 4) is 11.3 Å². The van der Waals surface area contributed by atoms with Crippen LogP contribution in [0, 0.1) is 0 Å². The molecule has 0 amide bonds. The van der Waals surface area contributed by atoms with Gasteiger partial charge in [0.25, 0.3) is 0 Å². The van der Waals surface area contributed by atoms with E-state index < -0.39 is 0 Å². The first-order valence-electron chi connectivity index (χ1n) is 6.35. The van der Waals surface area contributed by atoms with Crippen molar-refractivity contribution in [2.75, 3.05) is 13.2 Å². The van der Waals surface area contributed by atoms with Crippen molar-refractivity contribution >= 4 is 0 Å². The summed E-state index contributed by atoms with van der Waals surface area (Å²) in [6.07, 6.45) is 8.39. The number of rotatable bonds is 3. The number of ether oxygens (including phenoxy) is 1. The van der Waals surface area contributed by atoms with Gasteiger partial charge < -0.3 is 4.74 Å². The minimum absolute atomic E-state index is 0.353. The molecule has 2 aromatic rings. The molecule has 4 rings (SSSR count). The molecule has 3 heterocycles. The predicted octanol–water partition coefficient (Wildman–Crippen LogP) is 1.79. The molecule has 0 spiro atoms. The summed E-state index contributed by atoms with van der Waals surface area (Å²) in [5, 5.41) is 8.39. The summed E-state index contributed by atoms with van der Waals surface area (Å²) in [5.74, 6) is 0.715. The molecule has 2 fully saturated rings. The van der Waals surface area contributed by atoms with Crippen LogP contribution in [0.4, 0.5) is 0 Å². The molecular formula is C13H14N4O. The quantitative estimate of drug-likeness (QED) is 0.823. The van der Waals surface area contributed by atoms with Crippen molar-refractivity contribution in [1.82, 2.24) is 20.0 Å². The van der Waals surface area contributed by atoms with Crippen LogP contribution in [-0.4, -0.2) is 33.2 Å². The molecular weight excluding hydrogens is 228 g/mol. The van der Waals surface area contributed by atoms with Crippen molar-refractivity contribution in [3.05, 3.63) is 30.2 Å². The van der Waals surface area contributed by atoms with E-state index in [1.165, 1.54) is 18.4 Å². The van der Waals surface area contributed by atoms with Crippen LogP contribution in [0.5, 0.6) is 0 Å². The Morgan fingerprint density at radius 2 is 2.11 bits per heavy atom. The Morgan fingerprint density at radius 3 is 2.83 bits per heavy atom. The van der Waals surface area contributed by atoms with Crippen LogP contribution in [0.2, 0.25) is 0 Å². The van der Waals surface area contributed by atoms with Crippen LogP contribution in [0.3, 0.4) is 0 Å². The first-order valence-corrected chi connectivity index (χ1v) is 6.35. The van der Waals surface area contributed by atoms with Crippen molar-refractivity contribution in [2.24, 2.45) is 0 Å². The van der Waals surface area contributed by atoms with E-state index in [-0.39, 0.29) is 0 Å². The minimum atomic E-state index is 0.353. The van der Waals surface area contributed by atoms with Crippen molar-refractivity contribution < 1.29 is 4.74 Å². The molecule has 0 N–H and O–H groups in total. The van der Waals surface area contributed by atoms with Crippen molar-refractivity contribution in [1.29, 1.82) is 0 Å². The predicted molar refractivity (Wildman–Crippen MR) is 65.1 cm³/mol. The highest BCUT2D eigenvalue weighted by Crippen LogP contribution is 2.40. The summed E-state index contributed by atoms with van der Waals surface area (Å²) >= 11 is 0. The summed E-state index contributed by atoms with van der Waals surface area (Å²) in [6.45, 7) is 1.48. The van der Waals surface area contributed by atoms with E-state index in [2.05, 4.69) is 21.4 Å². The van der Waals surface area contributed by atoms with Gasteiger partial charge in [0.15, 0.2) is 0 Å². The fourth-order valence-corrected chi connectivity index (χ4v) is 2.20. The van der Waals surface area contributed by atoms with Crippen LogP contribution in [-0.2, 0) is 4.74 Å². The van der Waals surface area contributed by atoms with Gasteiger partial charge >= 0.3 is 0 Å². The number of pyridine rings is 1. The zero-order valence-corrected chi connectivity index (χ0v) is 9.99. The van der Waals surface area contributed by atoms with E-state index in [0.717, 1.165) is 24.5 Å². The van der Waals surface area contributed by atoms with Gasteiger partial charge in [-0.3, -0.25) is 4.98 Å². The first-order chi connectivity index (χ1) is 8.90. The van der Waals surface area contributed by atoms with Crippen molar-refractivity contribution in [2.45, 2.75) is 24.8 Å². The molecule has 0 atom stereocenters. The Labute approximate surface area is 105 Å². The minimum Gasteiger partial charge on any atom is -0.377 e. The van der Waals surface area contributed by atoms with Gasteiger partial charge in [-0.15, -0.1) is 5.10 Å². The smallest absolute Gasteiger partial charge is 0.114 e. The number of aromatic nitrogens is 4. The number of nitrogens with zero attached hydrogens (tertiary/aromatic N) is 4. The number of hydrogen-bond donors (Lipinski definition) is 0. The lowest BCUT2D eigenvalue weighted by atomic mass is 10.1.